The van der Waals surface area contributed by atoms with Crippen molar-refractivity contribution in [3.63, 3.8) is 0 Å². The number of aromatic nitrogens is 1. The van der Waals surface area contributed by atoms with Crippen LogP contribution in [0.25, 0.3) is 16.7 Å². The van der Waals surface area contributed by atoms with Crippen LogP contribution in [-0.2, 0) is 15.7 Å². The largest absolute Gasteiger partial charge is 0.496 e. The smallest absolute Gasteiger partial charge is 0.416 e. The molecular formula is C35H37F3N2O5. The van der Waals surface area contributed by atoms with Gasteiger partial charge in [0.25, 0.3) is 0 Å². The first-order chi connectivity index (χ1) is 21.2. The van der Waals surface area contributed by atoms with Crippen LogP contribution >= 0.6 is 0 Å². The highest BCUT2D eigenvalue weighted by Crippen LogP contribution is 2.46. The number of pyridine rings is 1. The number of carbonyl (C=O) groups is 2. The zero-order valence-corrected chi connectivity index (χ0v) is 26.2. The first-order valence-electron chi connectivity index (χ1n) is 14.8. The van der Waals surface area contributed by atoms with E-state index < -0.39 is 35.9 Å². The number of halogens is 3. The molecule has 2 aliphatic rings. The number of aryl methyl sites for hydroxylation is 1. The number of rotatable bonds is 7. The molecule has 0 bridgehead atoms. The first kappa shape index (κ1) is 32.1. The van der Waals surface area contributed by atoms with E-state index in [0.29, 0.717) is 16.9 Å². The topological polar surface area (TPSA) is 78.0 Å². The van der Waals surface area contributed by atoms with Gasteiger partial charge in [0.05, 0.1) is 25.8 Å². The zero-order chi connectivity index (χ0) is 32.7. The minimum atomic E-state index is -4.51. The minimum Gasteiger partial charge on any atom is -0.496 e. The molecule has 0 N–H and O–H groups in total. The molecule has 45 heavy (non-hydrogen) atoms. The van der Waals surface area contributed by atoms with Crippen molar-refractivity contribution in [3.8, 4) is 16.9 Å². The first-order valence-corrected chi connectivity index (χ1v) is 14.8. The molecule has 0 saturated carbocycles. The number of esters is 1. The Balaban J connectivity index is 1.51. The highest BCUT2D eigenvalue weighted by molar-refractivity contribution is 5.87. The Morgan fingerprint density at radius 3 is 2.47 bits per heavy atom. The molecule has 0 radical (unpaired) electrons. The van der Waals surface area contributed by atoms with Gasteiger partial charge in [0.15, 0.2) is 0 Å². The lowest BCUT2D eigenvalue weighted by Crippen LogP contribution is -2.35. The third-order valence-electron chi connectivity index (χ3n) is 8.70. The second kappa shape index (κ2) is 12.2. The van der Waals surface area contributed by atoms with Crippen molar-refractivity contribution in [2.45, 2.75) is 65.3 Å². The Hall–Kier alpha value is -4.34. The van der Waals surface area contributed by atoms with Gasteiger partial charge in [-0.3, -0.25) is 4.90 Å². The molecule has 3 aromatic rings. The maximum Gasteiger partial charge on any atom is 0.416 e. The molecule has 1 saturated heterocycles. The van der Waals surface area contributed by atoms with Crippen LogP contribution in [0.5, 0.6) is 5.75 Å². The summed E-state index contributed by atoms with van der Waals surface area (Å²) in [6.45, 7) is 8.06. The Kier molecular flexibility index (Phi) is 8.70. The lowest BCUT2D eigenvalue weighted by Gasteiger charge is -2.36. The highest BCUT2D eigenvalue weighted by atomic mass is 19.4. The van der Waals surface area contributed by atoms with Gasteiger partial charge in [-0.15, -0.1) is 0 Å². The number of methoxy groups -OCH3 is 2. The molecule has 1 aliphatic heterocycles. The molecule has 1 aromatic heterocycles. The Morgan fingerprint density at radius 1 is 1.09 bits per heavy atom. The second-order valence-electron chi connectivity index (χ2n) is 12.6. The van der Waals surface area contributed by atoms with Crippen LogP contribution in [0.2, 0.25) is 0 Å². The van der Waals surface area contributed by atoms with E-state index in [0.717, 1.165) is 59.2 Å². The van der Waals surface area contributed by atoms with Gasteiger partial charge >= 0.3 is 18.2 Å². The summed E-state index contributed by atoms with van der Waals surface area (Å²) in [5.74, 6) is 0.163. The number of nitrogens with zero attached hydrogens (tertiary/aromatic N) is 2. The second-order valence-corrected chi connectivity index (χ2v) is 12.6. The standard InChI is InChI=1S/C35H37F3N2O5/c1-20-13-24(15-26(14-20)35(36,37)38)31-21(2)40(33(42)45-31)19-25-17-34(3,4)12-11-27(25)28-16-22(8-10-30(28)43-5)23-7-9-29(39-18-23)32(41)44-6/h7-10,13-16,18,21,31H,11-12,17,19H2,1-6H3/t21-,31-/m0/s1. The molecule has 0 unspecified atom stereocenters. The van der Waals surface area contributed by atoms with Crippen LogP contribution in [0.15, 0.2) is 60.3 Å². The van der Waals surface area contributed by atoms with Crippen LogP contribution in [0, 0.1) is 12.3 Å². The summed E-state index contributed by atoms with van der Waals surface area (Å²) in [5, 5.41) is 0. The molecule has 1 aliphatic carbocycles. The molecule has 2 aromatic carbocycles. The van der Waals surface area contributed by atoms with Crippen LogP contribution in [-0.4, -0.2) is 48.8 Å². The number of cyclic esters (lactones) is 1. The SMILES string of the molecule is COC(=O)c1ccc(-c2ccc(OC)c(C3=C(CN4C(=O)O[C@H](c5cc(C)cc(C(F)(F)F)c5)[C@@H]4C)CC(C)(C)CC3)c2)cn1. The van der Waals surface area contributed by atoms with Crippen LogP contribution < -0.4 is 4.74 Å². The third-order valence-corrected chi connectivity index (χ3v) is 8.70. The van der Waals surface area contributed by atoms with Crippen LogP contribution in [0.3, 0.4) is 0 Å². The Labute approximate surface area is 261 Å². The third kappa shape index (κ3) is 6.70. The number of allylic oxidation sites excluding steroid dienone is 1. The van der Waals surface area contributed by atoms with Gasteiger partial charge in [0, 0.05) is 23.9 Å². The van der Waals surface area contributed by atoms with E-state index in [9.17, 15) is 22.8 Å². The van der Waals surface area contributed by atoms with E-state index in [1.54, 1.807) is 37.3 Å². The average Bonchev–Trinajstić information content (AvgIpc) is 3.28. The number of carbonyl (C=O) groups excluding carboxylic acids is 2. The Bertz CT molecular complexity index is 1650. The van der Waals surface area contributed by atoms with Crippen molar-refractivity contribution in [2.24, 2.45) is 5.41 Å². The van der Waals surface area contributed by atoms with E-state index in [-0.39, 0.29) is 17.7 Å². The lowest BCUT2D eigenvalue weighted by molar-refractivity contribution is -0.137. The van der Waals surface area contributed by atoms with E-state index in [2.05, 4.69) is 18.8 Å². The van der Waals surface area contributed by atoms with Crippen LogP contribution in [0.4, 0.5) is 18.0 Å². The summed E-state index contributed by atoms with van der Waals surface area (Å²) in [5.41, 5.74) is 4.87. The van der Waals surface area contributed by atoms with Gasteiger partial charge in [-0.2, -0.15) is 13.2 Å². The van der Waals surface area contributed by atoms with E-state index in [4.69, 9.17) is 14.2 Å². The summed E-state index contributed by atoms with van der Waals surface area (Å²) in [6.07, 6.45) is -1.90. The molecule has 1 amide bonds. The van der Waals surface area contributed by atoms with Crippen molar-refractivity contribution < 1.29 is 37.0 Å². The highest BCUT2D eigenvalue weighted by Gasteiger charge is 2.42. The van der Waals surface area contributed by atoms with Gasteiger partial charge < -0.3 is 14.2 Å². The molecule has 0 spiro atoms. The summed E-state index contributed by atoms with van der Waals surface area (Å²) >= 11 is 0. The van der Waals surface area contributed by atoms with Crippen molar-refractivity contribution in [1.82, 2.24) is 9.88 Å². The van der Waals surface area contributed by atoms with E-state index in [1.807, 2.05) is 31.2 Å². The van der Waals surface area contributed by atoms with Gasteiger partial charge in [0.2, 0.25) is 0 Å². The molecule has 1 fully saturated rings. The summed E-state index contributed by atoms with van der Waals surface area (Å²) in [7, 11) is 2.92. The predicted octanol–water partition coefficient (Wildman–Crippen LogP) is 8.42. The van der Waals surface area contributed by atoms with Crippen molar-refractivity contribution in [1.29, 1.82) is 0 Å². The Morgan fingerprint density at radius 2 is 1.82 bits per heavy atom. The number of hydrogen-bond acceptors (Lipinski definition) is 6. The predicted molar refractivity (Wildman–Crippen MR) is 164 cm³/mol. The maximum atomic E-state index is 13.6. The minimum absolute atomic E-state index is 0.0261. The van der Waals surface area contributed by atoms with Crippen molar-refractivity contribution in [3.05, 3.63) is 88.2 Å². The zero-order valence-electron chi connectivity index (χ0n) is 26.2. The number of ether oxygens (including phenoxy) is 3. The molecule has 2 heterocycles. The van der Waals surface area contributed by atoms with E-state index in [1.165, 1.54) is 7.11 Å². The fourth-order valence-electron chi connectivity index (χ4n) is 6.31. The van der Waals surface area contributed by atoms with Crippen molar-refractivity contribution >= 4 is 17.6 Å². The van der Waals surface area contributed by atoms with E-state index >= 15 is 0 Å². The molecule has 7 nitrogen and oxygen atoms in total. The molecule has 5 rings (SSSR count). The van der Waals surface area contributed by atoms with Crippen molar-refractivity contribution in [2.75, 3.05) is 20.8 Å². The summed E-state index contributed by atoms with van der Waals surface area (Å²) in [4.78, 5) is 31.0. The maximum absolute atomic E-state index is 13.6. The normalized spacial score (nSPS) is 19.8. The quantitative estimate of drug-likeness (QED) is 0.246. The molecule has 10 heteroatoms. The van der Waals surface area contributed by atoms with Gasteiger partial charge in [-0.05, 0) is 91.1 Å². The lowest BCUT2D eigenvalue weighted by atomic mass is 9.72. The molecular weight excluding hydrogens is 585 g/mol. The summed E-state index contributed by atoms with van der Waals surface area (Å²) < 4.78 is 57.0. The van der Waals surface area contributed by atoms with Crippen LogP contribution in [0.1, 0.15) is 78.9 Å². The number of alkyl halides is 3. The van der Waals surface area contributed by atoms with Gasteiger partial charge in [-0.1, -0.05) is 37.6 Å². The van der Waals surface area contributed by atoms with Gasteiger partial charge in [-0.25, -0.2) is 14.6 Å². The summed E-state index contributed by atoms with van der Waals surface area (Å²) in [6, 6.07) is 12.6. The number of amides is 1. The molecule has 2 atom stereocenters. The average molecular weight is 623 g/mol. The fraction of sp³-hybridized carbons (Fsp3) is 0.400. The van der Waals surface area contributed by atoms with Gasteiger partial charge in [0.1, 0.15) is 17.5 Å². The number of benzene rings is 2. The fourth-order valence-corrected chi connectivity index (χ4v) is 6.31. The molecule has 238 valence electrons. The monoisotopic (exact) mass is 622 g/mol. The number of hydrogen-bond donors (Lipinski definition) is 0.